The minimum absolute atomic E-state index is 0.234. The van der Waals surface area contributed by atoms with Crippen LogP contribution in [0.4, 0.5) is 0 Å². The Labute approximate surface area is 75.0 Å². The van der Waals surface area contributed by atoms with Crippen molar-refractivity contribution < 1.29 is 9.90 Å². The number of halogens is 1. The van der Waals surface area contributed by atoms with Crippen molar-refractivity contribution in [3.05, 3.63) is 29.6 Å². The van der Waals surface area contributed by atoms with Crippen LogP contribution in [-0.2, 0) is 6.42 Å². The van der Waals surface area contributed by atoms with Gasteiger partial charge in [0.15, 0.2) is 0 Å². The summed E-state index contributed by atoms with van der Waals surface area (Å²) in [5, 5.41) is 8.71. The number of hydrogen-bond acceptors (Lipinski definition) is 2. The van der Waals surface area contributed by atoms with Crippen molar-refractivity contribution in [1.82, 2.24) is 4.98 Å². The maximum absolute atomic E-state index is 10.6. The molecule has 0 radical (unpaired) electrons. The highest BCUT2D eigenvalue weighted by Gasteiger charge is 2.08. The summed E-state index contributed by atoms with van der Waals surface area (Å²) in [5.41, 5.74) is 0.776. The number of aromatic nitrogens is 1. The van der Waals surface area contributed by atoms with Gasteiger partial charge >= 0.3 is 5.97 Å². The lowest BCUT2D eigenvalue weighted by Gasteiger charge is -2.00. The molecule has 0 spiro atoms. The van der Waals surface area contributed by atoms with Crippen LogP contribution >= 0.6 is 11.6 Å². The van der Waals surface area contributed by atoms with Gasteiger partial charge in [-0.1, -0.05) is 0 Å². The molecule has 1 aromatic heterocycles. The molecule has 1 rings (SSSR count). The van der Waals surface area contributed by atoms with Gasteiger partial charge in [0, 0.05) is 18.5 Å². The smallest absolute Gasteiger partial charge is 0.337 e. The number of hydrogen-bond donors (Lipinski definition) is 1. The second-order valence-electron chi connectivity index (χ2n) is 2.24. The van der Waals surface area contributed by atoms with Crippen molar-refractivity contribution >= 4 is 17.6 Å². The van der Waals surface area contributed by atoms with E-state index in [9.17, 15) is 4.79 Å². The number of aryl methyl sites for hydroxylation is 1. The Bertz CT molecular complexity index is 288. The van der Waals surface area contributed by atoms with Gasteiger partial charge in [-0.05, 0) is 12.1 Å². The molecule has 12 heavy (non-hydrogen) atoms. The van der Waals surface area contributed by atoms with Gasteiger partial charge in [-0.2, -0.15) is 0 Å². The average Bonchev–Trinajstić information content (AvgIpc) is 2.05. The van der Waals surface area contributed by atoms with E-state index < -0.39 is 5.97 Å². The van der Waals surface area contributed by atoms with Crippen LogP contribution in [0.1, 0.15) is 16.1 Å². The molecule has 1 N–H and O–H groups in total. The minimum Gasteiger partial charge on any atom is -0.478 e. The zero-order valence-corrected chi connectivity index (χ0v) is 7.08. The van der Waals surface area contributed by atoms with E-state index in [-0.39, 0.29) is 5.56 Å². The third kappa shape index (κ3) is 1.95. The predicted octanol–water partition coefficient (Wildman–Crippen LogP) is 1.56. The largest absolute Gasteiger partial charge is 0.478 e. The van der Waals surface area contributed by atoms with Gasteiger partial charge in [0.05, 0.1) is 11.3 Å². The molecule has 0 saturated carbocycles. The Morgan fingerprint density at radius 3 is 3.00 bits per heavy atom. The van der Waals surface area contributed by atoms with Gasteiger partial charge < -0.3 is 5.11 Å². The van der Waals surface area contributed by atoms with E-state index in [1.165, 1.54) is 6.07 Å². The van der Waals surface area contributed by atoms with Crippen LogP contribution in [0, 0.1) is 0 Å². The first-order valence-electron chi connectivity index (χ1n) is 3.49. The lowest BCUT2D eigenvalue weighted by molar-refractivity contribution is 0.0695. The molecule has 1 aromatic rings. The van der Waals surface area contributed by atoms with Gasteiger partial charge in [0.1, 0.15) is 0 Å². The van der Waals surface area contributed by atoms with E-state index >= 15 is 0 Å². The SMILES string of the molecule is O=C(O)c1cccnc1CCCl. The molecule has 3 nitrogen and oxygen atoms in total. The van der Waals surface area contributed by atoms with E-state index in [2.05, 4.69) is 4.98 Å². The Morgan fingerprint density at radius 2 is 2.42 bits per heavy atom. The first kappa shape index (κ1) is 9.00. The Morgan fingerprint density at radius 1 is 1.67 bits per heavy atom. The highest BCUT2D eigenvalue weighted by atomic mass is 35.5. The van der Waals surface area contributed by atoms with E-state index in [1.807, 2.05) is 0 Å². The standard InChI is InChI=1S/C8H8ClNO2/c9-4-3-7-6(8(11)12)2-1-5-10-7/h1-2,5H,3-4H2,(H,11,12). The number of alkyl halides is 1. The van der Waals surface area contributed by atoms with Crippen LogP contribution in [0.15, 0.2) is 18.3 Å². The summed E-state index contributed by atoms with van der Waals surface area (Å²) in [4.78, 5) is 14.5. The Kier molecular flexibility index (Phi) is 3.05. The average molecular weight is 186 g/mol. The Hall–Kier alpha value is -1.09. The number of carbonyl (C=O) groups is 1. The predicted molar refractivity (Wildman–Crippen MR) is 45.6 cm³/mol. The van der Waals surface area contributed by atoms with Crippen LogP contribution < -0.4 is 0 Å². The molecule has 1 heterocycles. The van der Waals surface area contributed by atoms with Crippen molar-refractivity contribution in [2.75, 3.05) is 5.88 Å². The molecule has 0 saturated heterocycles. The van der Waals surface area contributed by atoms with E-state index in [0.29, 0.717) is 18.0 Å². The molecule has 0 unspecified atom stereocenters. The molecular weight excluding hydrogens is 178 g/mol. The summed E-state index contributed by atoms with van der Waals surface area (Å²) >= 11 is 5.48. The van der Waals surface area contributed by atoms with Crippen LogP contribution in [0.25, 0.3) is 0 Å². The Balaban J connectivity index is 3.00. The quantitative estimate of drug-likeness (QED) is 0.728. The third-order valence-corrected chi connectivity index (χ3v) is 1.64. The topological polar surface area (TPSA) is 50.2 Å². The summed E-state index contributed by atoms with van der Waals surface area (Å²) in [6.07, 6.45) is 2.05. The normalized spacial score (nSPS) is 9.75. The van der Waals surface area contributed by atoms with Gasteiger partial charge in [-0.3, -0.25) is 4.98 Å². The summed E-state index contributed by atoms with van der Waals surface area (Å²) < 4.78 is 0. The maximum Gasteiger partial charge on any atom is 0.337 e. The highest BCUT2D eigenvalue weighted by molar-refractivity contribution is 6.18. The second-order valence-corrected chi connectivity index (χ2v) is 2.62. The lowest BCUT2D eigenvalue weighted by atomic mass is 10.1. The molecule has 0 aliphatic heterocycles. The van der Waals surface area contributed by atoms with Crippen LogP contribution in [0.3, 0.4) is 0 Å². The zero-order chi connectivity index (χ0) is 8.97. The van der Waals surface area contributed by atoms with Crippen molar-refractivity contribution in [2.45, 2.75) is 6.42 Å². The highest BCUT2D eigenvalue weighted by Crippen LogP contribution is 2.06. The molecule has 0 aromatic carbocycles. The van der Waals surface area contributed by atoms with Crippen molar-refractivity contribution in [2.24, 2.45) is 0 Å². The van der Waals surface area contributed by atoms with Gasteiger partial charge in [0.25, 0.3) is 0 Å². The van der Waals surface area contributed by atoms with Gasteiger partial charge in [-0.25, -0.2) is 4.79 Å². The fourth-order valence-electron chi connectivity index (χ4n) is 0.921. The van der Waals surface area contributed by atoms with Gasteiger partial charge in [-0.15, -0.1) is 11.6 Å². The summed E-state index contributed by atoms with van der Waals surface area (Å²) in [5.74, 6) is -0.569. The number of aromatic carboxylic acids is 1. The molecule has 0 fully saturated rings. The number of carboxylic acids is 1. The zero-order valence-electron chi connectivity index (χ0n) is 6.33. The fourth-order valence-corrected chi connectivity index (χ4v) is 1.10. The summed E-state index contributed by atoms with van der Waals surface area (Å²) in [6, 6.07) is 3.12. The molecule has 0 aliphatic rings. The second kappa shape index (κ2) is 4.07. The number of rotatable bonds is 3. The van der Waals surface area contributed by atoms with E-state index in [0.717, 1.165) is 0 Å². The molecule has 0 bridgehead atoms. The molecule has 0 amide bonds. The molecule has 4 heteroatoms. The van der Waals surface area contributed by atoms with E-state index in [4.69, 9.17) is 16.7 Å². The monoisotopic (exact) mass is 185 g/mol. The summed E-state index contributed by atoms with van der Waals surface area (Å²) in [6.45, 7) is 0. The molecule has 0 atom stereocenters. The number of nitrogens with zero attached hydrogens (tertiary/aromatic N) is 1. The van der Waals surface area contributed by atoms with Crippen molar-refractivity contribution in [1.29, 1.82) is 0 Å². The third-order valence-electron chi connectivity index (χ3n) is 1.45. The van der Waals surface area contributed by atoms with Crippen LogP contribution in [0.2, 0.25) is 0 Å². The van der Waals surface area contributed by atoms with Gasteiger partial charge in [0.2, 0.25) is 0 Å². The fraction of sp³-hybridized carbons (Fsp3) is 0.250. The molecular formula is C8H8ClNO2. The van der Waals surface area contributed by atoms with Crippen molar-refractivity contribution in [3.63, 3.8) is 0 Å². The number of carboxylic acid groups (broad SMARTS) is 1. The first-order valence-corrected chi connectivity index (χ1v) is 4.02. The maximum atomic E-state index is 10.6. The number of pyridine rings is 1. The minimum atomic E-state index is -0.955. The molecule has 64 valence electrons. The summed E-state index contributed by atoms with van der Waals surface area (Å²) in [7, 11) is 0. The lowest BCUT2D eigenvalue weighted by Crippen LogP contribution is -2.04. The van der Waals surface area contributed by atoms with Crippen LogP contribution in [0.5, 0.6) is 0 Å². The van der Waals surface area contributed by atoms with Crippen LogP contribution in [-0.4, -0.2) is 21.9 Å². The van der Waals surface area contributed by atoms with E-state index in [1.54, 1.807) is 12.3 Å². The molecule has 0 aliphatic carbocycles. The first-order chi connectivity index (χ1) is 5.75. The van der Waals surface area contributed by atoms with Crippen molar-refractivity contribution in [3.8, 4) is 0 Å².